The zero-order chi connectivity index (χ0) is 16.5. The molecule has 0 saturated carbocycles. The third-order valence-electron chi connectivity index (χ3n) is 3.49. The second-order valence-corrected chi connectivity index (χ2v) is 4.86. The number of Topliss-reactive ketones (excluding diaryl/α,β-unsaturated/α-hetero) is 1. The molecule has 1 aromatic carbocycles. The molecule has 7 heteroatoms. The lowest BCUT2D eigenvalue weighted by Gasteiger charge is -2.29. The fourth-order valence-corrected chi connectivity index (χ4v) is 2.31. The summed E-state index contributed by atoms with van der Waals surface area (Å²) < 4.78 is 13.4. The zero-order valence-electron chi connectivity index (χ0n) is 11.5. The lowest BCUT2D eigenvalue weighted by Crippen LogP contribution is -2.42. The van der Waals surface area contributed by atoms with Crippen molar-refractivity contribution >= 4 is 23.7 Å². The minimum Gasteiger partial charge on any atom is -0.506 e. The van der Waals surface area contributed by atoms with Crippen molar-refractivity contribution in [1.82, 2.24) is 5.32 Å². The molecule has 1 aliphatic carbocycles. The Morgan fingerprint density at radius 1 is 1.55 bits per heavy atom. The molecule has 0 bridgehead atoms. The fourth-order valence-electron chi connectivity index (χ4n) is 2.31. The van der Waals surface area contributed by atoms with E-state index in [1.165, 1.54) is 13.0 Å². The summed E-state index contributed by atoms with van der Waals surface area (Å²) in [5.74, 6) is -3.30. The summed E-state index contributed by atoms with van der Waals surface area (Å²) in [6.45, 7) is 0.924. The Morgan fingerprint density at radius 2 is 2.23 bits per heavy atom. The standard InChI is InChI=1S/C15H11FN2O4/c1-15(7-17)10-3-2-8(16)6-9(10)12(20)11(13(15)21)14(22)18-4-5-19/h2-3,5-6,20H,4H2,1H3,(H,18,22)/t15-/m1/s1. The van der Waals surface area contributed by atoms with Gasteiger partial charge in [-0.05, 0) is 24.6 Å². The van der Waals surface area contributed by atoms with E-state index in [0.29, 0.717) is 6.29 Å². The van der Waals surface area contributed by atoms with Crippen LogP contribution in [0.1, 0.15) is 18.1 Å². The molecule has 0 radical (unpaired) electrons. The molecular weight excluding hydrogens is 291 g/mol. The van der Waals surface area contributed by atoms with Gasteiger partial charge < -0.3 is 15.2 Å². The molecule has 1 aliphatic rings. The Labute approximate surface area is 124 Å². The molecular formula is C15H11FN2O4. The number of hydrogen-bond donors (Lipinski definition) is 2. The van der Waals surface area contributed by atoms with Gasteiger partial charge in [0.2, 0.25) is 0 Å². The maximum atomic E-state index is 13.4. The minimum absolute atomic E-state index is 0.0973. The number of benzene rings is 1. The van der Waals surface area contributed by atoms with Crippen LogP contribution in [0, 0.1) is 17.1 Å². The number of ketones is 1. The molecule has 1 aromatic rings. The van der Waals surface area contributed by atoms with Crippen molar-refractivity contribution in [1.29, 1.82) is 5.26 Å². The first-order valence-corrected chi connectivity index (χ1v) is 6.28. The number of nitrogens with zero attached hydrogens (tertiary/aromatic N) is 1. The summed E-state index contributed by atoms with van der Waals surface area (Å²) in [7, 11) is 0. The first-order chi connectivity index (χ1) is 10.4. The van der Waals surface area contributed by atoms with Crippen LogP contribution in [0.5, 0.6) is 0 Å². The van der Waals surface area contributed by atoms with Crippen LogP contribution >= 0.6 is 0 Å². The van der Waals surface area contributed by atoms with Crippen molar-refractivity contribution in [2.24, 2.45) is 0 Å². The summed E-state index contributed by atoms with van der Waals surface area (Å²) in [5, 5.41) is 21.6. The Kier molecular flexibility index (Phi) is 3.78. The highest BCUT2D eigenvalue weighted by Crippen LogP contribution is 2.39. The van der Waals surface area contributed by atoms with Gasteiger partial charge in [0.05, 0.1) is 12.6 Å². The Hall–Kier alpha value is -3.01. The normalized spacial score (nSPS) is 20.1. The highest BCUT2D eigenvalue weighted by atomic mass is 19.1. The number of aliphatic hydroxyl groups is 1. The first kappa shape index (κ1) is 15.4. The average Bonchev–Trinajstić information content (AvgIpc) is 2.50. The van der Waals surface area contributed by atoms with Gasteiger partial charge in [0.25, 0.3) is 5.91 Å². The molecule has 0 aliphatic heterocycles. The molecule has 112 valence electrons. The van der Waals surface area contributed by atoms with Crippen LogP contribution in [-0.2, 0) is 19.8 Å². The molecule has 0 aromatic heterocycles. The molecule has 1 amide bonds. The molecule has 0 heterocycles. The maximum absolute atomic E-state index is 13.4. The number of aldehydes is 1. The molecule has 0 spiro atoms. The van der Waals surface area contributed by atoms with Gasteiger partial charge in [0, 0.05) is 5.56 Å². The topological polar surface area (TPSA) is 107 Å². The second kappa shape index (κ2) is 5.41. The van der Waals surface area contributed by atoms with Crippen LogP contribution in [0.3, 0.4) is 0 Å². The van der Waals surface area contributed by atoms with E-state index in [0.717, 1.165) is 12.1 Å². The van der Waals surface area contributed by atoms with E-state index < -0.39 is 34.3 Å². The molecule has 2 rings (SSSR count). The molecule has 0 unspecified atom stereocenters. The maximum Gasteiger partial charge on any atom is 0.259 e. The van der Waals surface area contributed by atoms with Gasteiger partial charge >= 0.3 is 0 Å². The quantitative estimate of drug-likeness (QED) is 0.633. The number of rotatable bonds is 3. The number of carbonyl (C=O) groups is 3. The van der Waals surface area contributed by atoms with Crippen molar-refractivity contribution in [2.75, 3.05) is 6.54 Å². The van der Waals surface area contributed by atoms with E-state index in [1.807, 2.05) is 0 Å². The van der Waals surface area contributed by atoms with E-state index in [2.05, 4.69) is 5.32 Å². The smallest absolute Gasteiger partial charge is 0.259 e. The molecule has 22 heavy (non-hydrogen) atoms. The summed E-state index contributed by atoms with van der Waals surface area (Å²) in [6, 6.07) is 5.03. The number of amides is 1. The van der Waals surface area contributed by atoms with Gasteiger partial charge in [0.15, 0.2) is 5.78 Å². The van der Waals surface area contributed by atoms with Crippen LogP contribution in [0.25, 0.3) is 5.76 Å². The van der Waals surface area contributed by atoms with Gasteiger partial charge in [-0.3, -0.25) is 9.59 Å². The van der Waals surface area contributed by atoms with Crippen molar-refractivity contribution in [3.05, 3.63) is 40.7 Å². The molecule has 0 fully saturated rings. The largest absolute Gasteiger partial charge is 0.506 e. The van der Waals surface area contributed by atoms with Gasteiger partial charge in [-0.25, -0.2) is 4.39 Å². The van der Waals surface area contributed by atoms with Crippen LogP contribution in [-0.4, -0.2) is 29.6 Å². The number of carbonyl (C=O) groups excluding carboxylic acids is 3. The predicted octanol–water partition coefficient (Wildman–Crippen LogP) is 0.774. The van der Waals surface area contributed by atoms with E-state index in [4.69, 9.17) is 0 Å². The molecule has 0 saturated heterocycles. The van der Waals surface area contributed by atoms with E-state index in [9.17, 15) is 29.1 Å². The molecule has 6 nitrogen and oxygen atoms in total. The number of nitrogens with one attached hydrogen (secondary N) is 1. The number of halogens is 1. The second-order valence-electron chi connectivity index (χ2n) is 4.86. The lowest BCUT2D eigenvalue weighted by atomic mass is 9.70. The Morgan fingerprint density at radius 3 is 2.82 bits per heavy atom. The summed E-state index contributed by atoms with van der Waals surface area (Å²) in [6.07, 6.45) is 0.403. The third-order valence-corrected chi connectivity index (χ3v) is 3.49. The van der Waals surface area contributed by atoms with Crippen LogP contribution in [0.4, 0.5) is 4.39 Å². The summed E-state index contributed by atoms with van der Waals surface area (Å²) in [4.78, 5) is 34.7. The van der Waals surface area contributed by atoms with Crippen molar-refractivity contribution in [3.8, 4) is 6.07 Å². The number of nitriles is 1. The molecule has 1 atom stereocenters. The Bertz CT molecular complexity index is 763. The van der Waals surface area contributed by atoms with Crippen LogP contribution in [0.15, 0.2) is 23.8 Å². The predicted molar refractivity (Wildman–Crippen MR) is 73.0 cm³/mol. The van der Waals surface area contributed by atoms with Crippen LogP contribution < -0.4 is 5.32 Å². The summed E-state index contributed by atoms with van der Waals surface area (Å²) >= 11 is 0. The monoisotopic (exact) mass is 302 g/mol. The lowest BCUT2D eigenvalue weighted by molar-refractivity contribution is -0.125. The van der Waals surface area contributed by atoms with Crippen molar-refractivity contribution in [3.63, 3.8) is 0 Å². The van der Waals surface area contributed by atoms with Gasteiger partial charge in [-0.15, -0.1) is 0 Å². The number of aliphatic hydroxyl groups excluding tert-OH is 1. The van der Waals surface area contributed by atoms with E-state index in [1.54, 1.807) is 6.07 Å². The number of fused-ring (bicyclic) bond motifs is 1. The fraction of sp³-hybridized carbons (Fsp3) is 0.200. The first-order valence-electron chi connectivity index (χ1n) is 6.28. The number of hydrogen-bond acceptors (Lipinski definition) is 5. The molecule has 2 N–H and O–H groups in total. The average molecular weight is 302 g/mol. The van der Waals surface area contributed by atoms with Crippen LogP contribution in [0.2, 0.25) is 0 Å². The minimum atomic E-state index is -1.73. The zero-order valence-corrected chi connectivity index (χ0v) is 11.5. The highest BCUT2D eigenvalue weighted by Gasteiger charge is 2.47. The highest BCUT2D eigenvalue weighted by molar-refractivity contribution is 6.29. The van der Waals surface area contributed by atoms with Crippen molar-refractivity contribution in [2.45, 2.75) is 12.3 Å². The third kappa shape index (κ3) is 2.15. The van der Waals surface area contributed by atoms with Gasteiger partial charge in [-0.1, -0.05) is 6.07 Å². The van der Waals surface area contributed by atoms with Crippen molar-refractivity contribution < 1.29 is 23.9 Å². The van der Waals surface area contributed by atoms with E-state index >= 15 is 0 Å². The van der Waals surface area contributed by atoms with Gasteiger partial charge in [-0.2, -0.15) is 5.26 Å². The van der Waals surface area contributed by atoms with E-state index in [-0.39, 0.29) is 17.7 Å². The SMILES string of the molecule is C[C@]1(C#N)C(=O)C(C(=O)NCC=O)=C(O)c2cc(F)ccc21. The van der Waals surface area contributed by atoms with Gasteiger partial charge in [0.1, 0.15) is 28.9 Å². The summed E-state index contributed by atoms with van der Waals surface area (Å²) in [5.41, 5.74) is -2.38. The Balaban J connectivity index is 2.71.